The first kappa shape index (κ1) is 18.7. The summed E-state index contributed by atoms with van der Waals surface area (Å²) in [6.45, 7) is 5.91. The van der Waals surface area contributed by atoms with Crippen LogP contribution in [0.3, 0.4) is 0 Å². The fourth-order valence-corrected chi connectivity index (χ4v) is 2.60. The van der Waals surface area contributed by atoms with Crippen LogP contribution in [0.1, 0.15) is 49.2 Å². The molecule has 1 N–H and O–H groups in total. The van der Waals surface area contributed by atoms with E-state index in [4.69, 9.17) is 4.74 Å². The minimum atomic E-state index is -0.170. The smallest absolute Gasteiger partial charge is 0.258 e. The van der Waals surface area contributed by atoms with E-state index in [1.807, 2.05) is 37.3 Å². The summed E-state index contributed by atoms with van der Waals surface area (Å²) in [7, 11) is 0. The first-order valence-electron chi connectivity index (χ1n) is 8.61. The van der Waals surface area contributed by atoms with E-state index < -0.39 is 0 Å². The second-order valence-electron chi connectivity index (χ2n) is 6.29. The molecule has 0 heterocycles. The van der Waals surface area contributed by atoms with Gasteiger partial charge in [0.1, 0.15) is 5.75 Å². The highest BCUT2D eigenvalue weighted by atomic mass is 16.5. The number of ketones is 1. The molecule has 0 bridgehead atoms. The summed E-state index contributed by atoms with van der Waals surface area (Å²) in [5, 5.41) is 3.02. The second kappa shape index (κ2) is 9.02. The third-order valence-corrected chi connectivity index (χ3v) is 4.01. The van der Waals surface area contributed by atoms with Crippen LogP contribution >= 0.6 is 0 Å². The number of Topliss-reactive ketones (excluding diaryl/α,β-unsaturated/α-hetero) is 1. The van der Waals surface area contributed by atoms with Gasteiger partial charge in [0.15, 0.2) is 12.4 Å². The second-order valence-corrected chi connectivity index (χ2v) is 6.29. The molecule has 0 aliphatic heterocycles. The van der Waals surface area contributed by atoms with Crippen molar-refractivity contribution in [1.82, 2.24) is 5.32 Å². The van der Waals surface area contributed by atoms with Crippen molar-refractivity contribution in [3.8, 4) is 5.75 Å². The maximum Gasteiger partial charge on any atom is 0.258 e. The predicted molar refractivity (Wildman–Crippen MR) is 98.7 cm³/mol. The Bertz CT molecular complexity index is 693. The molecule has 0 aliphatic carbocycles. The fourth-order valence-electron chi connectivity index (χ4n) is 2.60. The number of hydrogen-bond acceptors (Lipinski definition) is 3. The number of nitrogens with one attached hydrogen (secondary N) is 1. The monoisotopic (exact) mass is 339 g/mol. The van der Waals surface area contributed by atoms with Crippen molar-refractivity contribution < 1.29 is 14.3 Å². The molecule has 25 heavy (non-hydrogen) atoms. The van der Waals surface area contributed by atoms with Crippen LogP contribution in [-0.4, -0.2) is 18.3 Å². The maximum atomic E-state index is 12.2. The summed E-state index contributed by atoms with van der Waals surface area (Å²) in [6.07, 6.45) is 0.471. The van der Waals surface area contributed by atoms with Gasteiger partial charge in [-0.2, -0.15) is 0 Å². The molecule has 4 heteroatoms. The lowest BCUT2D eigenvalue weighted by molar-refractivity contribution is -0.124. The van der Waals surface area contributed by atoms with Crippen LogP contribution in [0.2, 0.25) is 0 Å². The Morgan fingerprint density at radius 3 is 2.20 bits per heavy atom. The maximum absolute atomic E-state index is 12.2. The van der Waals surface area contributed by atoms with E-state index in [9.17, 15) is 9.59 Å². The third-order valence-electron chi connectivity index (χ3n) is 4.01. The molecule has 0 radical (unpaired) electrons. The van der Waals surface area contributed by atoms with Gasteiger partial charge in [0.05, 0.1) is 6.04 Å². The van der Waals surface area contributed by atoms with Crippen molar-refractivity contribution in [2.75, 3.05) is 6.61 Å². The number of amides is 1. The molecule has 1 amide bonds. The molecule has 0 unspecified atom stereocenters. The van der Waals surface area contributed by atoms with Crippen LogP contribution in [0.4, 0.5) is 0 Å². The Labute approximate surface area is 149 Å². The summed E-state index contributed by atoms with van der Waals surface area (Å²) >= 11 is 0. The summed E-state index contributed by atoms with van der Waals surface area (Å²) in [4.78, 5) is 23.8. The van der Waals surface area contributed by atoms with Crippen LogP contribution in [0.15, 0.2) is 54.6 Å². The van der Waals surface area contributed by atoms with E-state index in [0.29, 0.717) is 17.7 Å². The number of ether oxygens (including phenoxy) is 1. The number of benzene rings is 2. The normalized spacial score (nSPS) is 11.8. The molecule has 0 spiro atoms. The van der Waals surface area contributed by atoms with Crippen molar-refractivity contribution in [1.29, 1.82) is 0 Å². The lowest BCUT2D eigenvalue weighted by Crippen LogP contribution is -2.35. The first-order valence-corrected chi connectivity index (χ1v) is 8.61. The molecule has 0 aromatic heterocycles. The highest BCUT2D eigenvalue weighted by Crippen LogP contribution is 2.21. The van der Waals surface area contributed by atoms with Gasteiger partial charge in [-0.15, -0.1) is 0 Å². The minimum Gasteiger partial charge on any atom is -0.484 e. The molecule has 1 atom stereocenters. The van der Waals surface area contributed by atoms with Crippen LogP contribution in [0.25, 0.3) is 0 Å². The quantitative estimate of drug-likeness (QED) is 0.734. The Balaban J connectivity index is 1.92. The summed E-state index contributed by atoms with van der Waals surface area (Å²) in [5.74, 6) is 0.762. The molecule has 2 rings (SSSR count). The van der Waals surface area contributed by atoms with Crippen LogP contribution in [0, 0.1) is 5.92 Å². The zero-order valence-corrected chi connectivity index (χ0v) is 15.0. The SMILES string of the molecule is CCC(=O)c1ccc(OCC(=O)N[C@H](c2ccccc2)C(C)C)cc1. The fraction of sp³-hybridized carbons (Fsp3) is 0.333. The van der Waals surface area contributed by atoms with Crippen molar-refractivity contribution in [3.05, 3.63) is 65.7 Å². The summed E-state index contributed by atoms with van der Waals surface area (Å²) in [6, 6.07) is 16.7. The Kier molecular flexibility index (Phi) is 6.75. The van der Waals surface area contributed by atoms with E-state index >= 15 is 0 Å². The van der Waals surface area contributed by atoms with Crippen LogP contribution in [0.5, 0.6) is 5.75 Å². The van der Waals surface area contributed by atoms with Gasteiger partial charge < -0.3 is 10.1 Å². The van der Waals surface area contributed by atoms with Gasteiger partial charge in [0.25, 0.3) is 5.91 Å². The van der Waals surface area contributed by atoms with Gasteiger partial charge >= 0.3 is 0 Å². The van der Waals surface area contributed by atoms with Crippen molar-refractivity contribution in [2.45, 2.75) is 33.2 Å². The molecule has 0 aliphatic rings. The molecule has 4 nitrogen and oxygen atoms in total. The Morgan fingerprint density at radius 2 is 1.64 bits per heavy atom. The van der Waals surface area contributed by atoms with E-state index in [-0.39, 0.29) is 30.3 Å². The van der Waals surface area contributed by atoms with E-state index in [1.165, 1.54) is 0 Å². The van der Waals surface area contributed by atoms with Gasteiger partial charge in [-0.25, -0.2) is 0 Å². The highest BCUT2D eigenvalue weighted by molar-refractivity contribution is 5.95. The van der Waals surface area contributed by atoms with Gasteiger partial charge in [0, 0.05) is 12.0 Å². The standard InChI is InChI=1S/C21H25NO3/c1-4-19(23)16-10-12-18(13-11-16)25-14-20(24)22-21(15(2)3)17-8-6-5-7-9-17/h5-13,15,21H,4,14H2,1-3H3,(H,22,24)/t21-/m0/s1. The Morgan fingerprint density at radius 1 is 1.00 bits per heavy atom. The van der Waals surface area contributed by atoms with Crippen molar-refractivity contribution in [3.63, 3.8) is 0 Å². The van der Waals surface area contributed by atoms with Crippen LogP contribution in [-0.2, 0) is 4.79 Å². The molecule has 2 aromatic rings. The molecule has 132 valence electrons. The predicted octanol–water partition coefficient (Wildman–Crippen LogP) is 4.17. The molecule has 0 fully saturated rings. The minimum absolute atomic E-state index is 0.0538. The van der Waals surface area contributed by atoms with Gasteiger partial charge in [-0.1, -0.05) is 51.1 Å². The Hall–Kier alpha value is -2.62. The molecule has 0 saturated carbocycles. The molecular formula is C21H25NO3. The number of carbonyl (C=O) groups excluding carboxylic acids is 2. The first-order chi connectivity index (χ1) is 12.0. The molecule has 0 saturated heterocycles. The van der Waals surface area contributed by atoms with Crippen molar-refractivity contribution in [2.24, 2.45) is 5.92 Å². The average molecular weight is 339 g/mol. The van der Waals surface area contributed by atoms with Crippen LogP contribution < -0.4 is 10.1 Å². The summed E-state index contributed by atoms with van der Waals surface area (Å²) < 4.78 is 5.53. The molecule has 2 aromatic carbocycles. The van der Waals surface area contributed by atoms with E-state index in [1.54, 1.807) is 24.3 Å². The van der Waals surface area contributed by atoms with Gasteiger partial charge in [-0.05, 0) is 35.7 Å². The lowest BCUT2D eigenvalue weighted by atomic mass is 9.96. The van der Waals surface area contributed by atoms with Crippen molar-refractivity contribution >= 4 is 11.7 Å². The largest absolute Gasteiger partial charge is 0.484 e. The average Bonchev–Trinajstić information content (AvgIpc) is 2.64. The number of rotatable bonds is 8. The number of carbonyl (C=O) groups is 2. The third kappa shape index (κ3) is 5.45. The zero-order chi connectivity index (χ0) is 18.2. The van der Waals surface area contributed by atoms with Gasteiger partial charge in [0.2, 0.25) is 0 Å². The molecular weight excluding hydrogens is 314 g/mol. The van der Waals surface area contributed by atoms with Gasteiger partial charge in [-0.3, -0.25) is 9.59 Å². The van der Waals surface area contributed by atoms with E-state index in [0.717, 1.165) is 5.56 Å². The topological polar surface area (TPSA) is 55.4 Å². The highest BCUT2D eigenvalue weighted by Gasteiger charge is 2.18. The lowest BCUT2D eigenvalue weighted by Gasteiger charge is -2.23. The number of hydrogen-bond donors (Lipinski definition) is 1. The van der Waals surface area contributed by atoms with E-state index in [2.05, 4.69) is 19.2 Å². The summed E-state index contributed by atoms with van der Waals surface area (Å²) in [5.41, 5.74) is 1.73. The zero-order valence-electron chi connectivity index (χ0n) is 15.0.